The molecule has 1 rings (SSSR count). The van der Waals surface area contributed by atoms with E-state index < -0.39 is 38.1 Å². The van der Waals surface area contributed by atoms with Crippen molar-refractivity contribution in [1.82, 2.24) is 0 Å². The molecule has 0 fully saturated rings. The van der Waals surface area contributed by atoms with E-state index in [1.807, 2.05) is 20.8 Å². The number of carbonyl (C=O) groups excluding carboxylic acids is 1. The first kappa shape index (κ1) is 24.1. The molecule has 1 unspecified atom stereocenters. The van der Waals surface area contributed by atoms with Crippen molar-refractivity contribution in [1.29, 1.82) is 0 Å². The van der Waals surface area contributed by atoms with Gasteiger partial charge < -0.3 is 4.43 Å². The number of alkyl halides is 4. The number of hydrogen-bond acceptors (Lipinski definition) is 2. The lowest BCUT2D eigenvalue weighted by molar-refractivity contribution is -0.215. The van der Waals surface area contributed by atoms with E-state index in [-0.39, 0.29) is 0 Å². The highest BCUT2D eigenvalue weighted by Gasteiger charge is 2.58. The van der Waals surface area contributed by atoms with Crippen LogP contribution in [0.2, 0.25) is 18.1 Å². The Hall–Kier alpha value is -0.953. The van der Waals surface area contributed by atoms with E-state index >= 15 is 0 Å². The number of allylic oxidation sites excluding steroid dienone is 2. The molecule has 0 saturated carbocycles. The monoisotopic (exact) mass is 408 g/mol. The molecular formula is C20H32F4O2Si. The average Bonchev–Trinajstić information content (AvgIpc) is 2.63. The molecule has 1 atom stereocenters. The summed E-state index contributed by atoms with van der Waals surface area (Å²) in [7, 11) is -2.74. The van der Waals surface area contributed by atoms with Gasteiger partial charge in [0.05, 0.1) is 0 Å². The molecule has 1 aliphatic rings. The molecule has 0 aromatic heterocycles. The van der Waals surface area contributed by atoms with E-state index in [1.54, 1.807) is 0 Å². The molecule has 0 N–H and O–H groups in total. The summed E-state index contributed by atoms with van der Waals surface area (Å²) in [6, 6.07) is 1.96. The Morgan fingerprint density at radius 1 is 1.00 bits per heavy atom. The van der Waals surface area contributed by atoms with E-state index in [2.05, 4.69) is 0 Å². The Morgan fingerprint density at radius 2 is 1.48 bits per heavy atom. The van der Waals surface area contributed by atoms with Crippen LogP contribution in [0.25, 0.3) is 0 Å². The molecule has 7 heteroatoms. The SMILES string of the molecule is CCCC[Si](CCCC)(CCCC)OC1(C(F)(F)F)C=CC(=O)C(CF)=C1. The van der Waals surface area contributed by atoms with Crippen molar-refractivity contribution in [3.63, 3.8) is 0 Å². The van der Waals surface area contributed by atoms with Crippen LogP contribution in [0.5, 0.6) is 0 Å². The lowest BCUT2D eigenvalue weighted by Gasteiger charge is -2.42. The van der Waals surface area contributed by atoms with Crippen LogP contribution in [0.3, 0.4) is 0 Å². The second-order valence-corrected chi connectivity index (χ2v) is 11.5. The number of carbonyl (C=O) groups is 1. The number of rotatable bonds is 12. The molecule has 0 amide bonds. The third kappa shape index (κ3) is 6.27. The Kier molecular flexibility index (Phi) is 9.41. The Labute approximate surface area is 161 Å². The zero-order valence-electron chi connectivity index (χ0n) is 16.6. The van der Waals surface area contributed by atoms with Crippen LogP contribution in [0.1, 0.15) is 59.3 Å². The van der Waals surface area contributed by atoms with Crippen LogP contribution in [-0.2, 0) is 9.22 Å². The summed E-state index contributed by atoms with van der Waals surface area (Å²) in [6.45, 7) is 4.81. The number of unbranched alkanes of at least 4 members (excludes halogenated alkanes) is 3. The summed E-state index contributed by atoms with van der Waals surface area (Å²) < 4.78 is 61.5. The standard InChI is InChI=1S/C20H32F4O2Si/c1-4-7-12-27(13-8-5-2,14-9-6-3)26-19(20(22,23)24)11-10-18(25)17(15-19)16-21/h10-11,15H,4-9,12-14,16H2,1-3H3. The first-order valence-corrected chi connectivity index (χ1v) is 12.5. The first-order valence-electron chi connectivity index (χ1n) is 9.97. The van der Waals surface area contributed by atoms with Crippen molar-refractivity contribution in [2.24, 2.45) is 0 Å². The third-order valence-electron chi connectivity index (χ3n) is 5.12. The lowest BCUT2D eigenvalue weighted by Crippen LogP contribution is -2.55. The molecule has 0 heterocycles. The van der Waals surface area contributed by atoms with E-state index in [9.17, 15) is 22.4 Å². The summed E-state index contributed by atoms with van der Waals surface area (Å²) in [5, 5.41) is 0. The molecule has 0 aromatic carbocycles. The topological polar surface area (TPSA) is 26.3 Å². The van der Waals surface area contributed by atoms with Gasteiger partial charge in [-0.3, -0.25) is 4.79 Å². The van der Waals surface area contributed by atoms with Gasteiger partial charge >= 0.3 is 6.18 Å². The number of ketones is 1. The summed E-state index contributed by atoms with van der Waals surface area (Å²) in [4.78, 5) is 11.7. The summed E-state index contributed by atoms with van der Waals surface area (Å²) in [6.07, 6.45) is 2.65. The minimum Gasteiger partial charge on any atom is -0.397 e. The predicted octanol–water partition coefficient (Wildman–Crippen LogP) is 6.68. The fourth-order valence-electron chi connectivity index (χ4n) is 3.47. The van der Waals surface area contributed by atoms with Gasteiger partial charge in [0.1, 0.15) is 6.67 Å². The van der Waals surface area contributed by atoms with Gasteiger partial charge in [-0.25, -0.2) is 4.39 Å². The van der Waals surface area contributed by atoms with Crippen LogP contribution >= 0.6 is 0 Å². The molecule has 156 valence electrons. The van der Waals surface area contributed by atoms with Gasteiger partial charge in [-0.15, -0.1) is 0 Å². The molecule has 0 bridgehead atoms. The van der Waals surface area contributed by atoms with E-state index in [0.29, 0.717) is 24.2 Å². The lowest BCUT2D eigenvalue weighted by atomic mass is 9.92. The van der Waals surface area contributed by atoms with E-state index in [0.717, 1.165) is 50.7 Å². The van der Waals surface area contributed by atoms with Crippen LogP contribution < -0.4 is 0 Å². The van der Waals surface area contributed by atoms with Gasteiger partial charge in [-0.2, -0.15) is 13.2 Å². The smallest absolute Gasteiger partial charge is 0.397 e. The molecule has 2 nitrogen and oxygen atoms in total. The van der Waals surface area contributed by atoms with Gasteiger partial charge in [0.2, 0.25) is 0 Å². The first-order chi connectivity index (χ1) is 12.7. The van der Waals surface area contributed by atoms with Gasteiger partial charge in [-0.05, 0) is 36.4 Å². The Balaban J connectivity index is 3.38. The fraction of sp³-hybridized carbons (Fsp3) is 0.750. The van der Waals surface area contributed by atoms with Crippen LogP contribution in [0, 0.1) is 0 Å². The van der Waals surface area contributed by atoms with Gasteiger partial charge in [0.25, 0.3) is 0 Å². The van der Waals surface area contributed by atoms with Gasteiger partial charge in [-0.1, -0.05) is 59.3 Å². The van der Waals surface area contributed by atoms with Crippen molar-refractivity contribution < 1.29 is 26.8 Å². The predicted molar refractivity (Wildman–Crippen MR) is 103 cm³/mol. The molecule has 0 radical (unpaired) electrons. The highest BCUT2D eigenvalue weighted by atomic mass is 28.4. The molecular weight excluding hydrogens is 376 g/mol. The quantitative estimate of drug-likeness (QED) is 0.266. The molecule has 1 aliphatic carbocycles. The van der Waals surface area contributed by atoms with Crippen molar-refractivity contribution in [2.75, 3.05) is 6.67 Å². The minimum atomic E-state index is -4.74. The van der Waals surface area contributed by atoms with E-state index in [4.69, 9.17) is 4.43 Å². The highest BCUT2D eigenvalue weighted by molar-refractivity contribution is 6.74. The largest absolute Gasteiger partial charge is 0.423 e. The molecule has 0 aromatic rings. The van der Waals surface area contributed by atoms with Crippen LogP contribution in [0.15, 0.2) is 23.8 Å². The molecule has 0 saturated heterocycles. The summed E-state index contributed by atoms with van der Waals surface area (Å²) in [5.41, 5.74) is -3.16. The fourth-order valence-corrected chi connectivity index (χ4v) is 8.48. The summed E-state index contributed by atoms with van der Waals surface area (Å²) in [5.74, 6) is -0.719. The summed E-state index contributed by atoms with van der Waals surface area (Å²) >= 11 is 0. The molecule has 27 heavy (non-hydrogen) atoms. The normalized spacial score (nSPS) is 20.9. The zero-order chi connectivity index (χ0) is 20.6. The average molecular weight is 409 g/mol. The highest BCUT2D eigenvalue weighted by Crippen LogP contribution is 2.44. The second-order valence-electron chi connectivity index (χ2n) is 7.39. The Bertz CT molecular complexity index is 521. The van der Waals surface area contributed by atoms with Crippen LogP contribution in [-0.4, -0.2) is 32.6 Å². The molecule has 0 aliphatic heterocycles. The maximum Gasteiger partial charge on any atom is 0.423 e. The van der Waals surface area contributed by atoms with Gasteiger partial charge in [0.15, 0.2) is 19.7 Å². The Morgan fingerprint density at radius 3 is 1.85 bits per heavy atom. The van der Waals surface area contributed by atoms with Crippen molar-refractivity contribution in [3.8, 4) is 0 Å². The second kappa shape index (κ2) is 10.6. The minimum absolute atomic E-state index is 0.473. The maximum atomic E-state index is 14.1. The van der Waals surface area contributed by atoms with E-state index in [1.165, 1.54) is 0 Å². The molecule has 0 spiro atoms. The number of hydrogen-bond donors (Lipinski definition) is 0. The van der Waals surface area contributed by atoms with Crippen molar-refractivity contribution in [2.45, 2.75) is 89.2 Å². The third-order valence-corrected chi connectivity index (χ3v) is 9.68. The maximum absolute atomic E-state index is 14.1. The van der Waals surface area contributed by atoms with Gasteiger partial charge in [0, 0.05) is 5.57 Å². The van der Waals surface area contributed by atoms with Crippen molar-refractivity contribution in [3.05, 3.63) is 23.8 Å². The van der Waals surface area contributed by atoms with Crippen LogP contribution in [0.4, 0.5) is 17.6 Å². The zero-order valence-corrected chi connectivity index (χ0v) is 17.6. The van der Waals surface area contributed by atoms with Crippen molar-refractivity contribution >= 4 is 14.1 Å². The number of halogens is 4.